The number of benzene rings is 2. The number of rotatable bonds is 5. The van der Waals surface area contributed by atoms with Crippen molar-refractivity contribution in [2.45, 2.75) is 13.0 Å². The zero-order valence-corrected chi connectivity index (χ0v) is 18.1. The first kappa shape index (κ1) is 19.9. The van der Waals surface area contributed by atoms with Crippen LogP contribution in [0.4, 0.5) is 5.00 Å². The molecule has 7 heteroatoms. The van der Waals surface area contributed by atoms with Crippen molar-refractivity contribution in [1.82, 2.24) is 5.32 Å². The molecule has 0 spiro atoms. The van der Waals surface area contributed by atoms with Crippen LogP contribution in [0.25, 0.3) is 11.1 Å². The lowest BCUT2D eigenvalue weighted by Crippen LogP contribution is -2.35. The summed E-state index contributed by atoms with van der Waals surface area (Å²) in [6, 6.07) is 17.8. The number of carbonyl (C=O) groups excluding carboxylic acids is 1. The van der Waals surface area contributed by atoms with E-state index in [1.54, 1.807) is 0 Å². The van der Waals surface area contributed by atoms with Crippen LogP contribution in [0.2, 0.25) is 0 Å². The number of amides is 1. The number of thiophene rings is 1. The van der Waals surface area contributed by atoms with Gasteiger partial charge in [0.15, 0.2) is 11.5 Å². The number of morpholine rings is 1. The van der Waals surface area contributed by atoms with E-state index >= 15 is 0 Å². The van der Waals surface area contributed by atoms with Crippen molar-refractivity contribution in [3.8, 4) is 22.6 Å². The number of hydrogen-bond acceptors (Lipinski definition) is 6. The first-order valence-electron chi connectivity index (χ1n) is 10.4. The lowest BCUT2D eigenvalue weighted by atomic mass is 10.1. The highest BCUT2D eigenvalue weighted by molar-refractivity contribution is 7.18. The average Bonchev–Trinajstić information content (AvgIpc) is 3.47. The van der Waals surface area contributed by atoms with E-state index in [4.69, 9.17) is 14.2 Å². The van der Waals surface area contributed by atoms with Crippen LogP contribution in [0.1, 0.15) is 28.2 Å². The third-order valence-electron chi connectivity index (χ3n) is 5.56. The molecule has 0 aliphatic carbocycles. The van der Waals surface area contributed by atoms with E-state index < -0.39 is 0 Å². The Morgan fingerprint density at radius 3 is 2.61 bits per heavy atom. The molecule has 1 aromatic heterocycles. The summed E-state index contributed by atoms with van der Waals surface area (Å²) in [5.74, 6) is 1.38. The molecule has 0 radical (unpaired) electrons. The van der Waals surface area contributed by atoms with Gasteiger partial charge in [0.2, 0.25) is 6.79 Å². The normalized spacial score (nSPS) is 16.2. The van der Waals surface area contributed by atoms with Crippen LogP contribution in [0, 0.1) is 0 Å². The van der Waals surface area contributed by atoms with Gasteiger partial charge in [-0.1, -0.05) is 36.4 Å². The zero-order valence-electron chi connectivity index (χ0n) is 17.3. The second kappa shape index (κ2) is 8.61. The minimum absolute atomic E-state index is 0.0770. The van der Waals surface area contributed by atoms with Gasteiger partial charge in [0.1, 0.15) is 0 Å². The molecule has 160 valence electrons. The van der Waals surface area contributed by atoms with Crippen LogP contribution in [0.3, 0.4) is 0 Å². The maximum atomic E-state index is 13.1. The molecule has 2 aliphatic heterocycles. The van der Waals surface area contributed by atoms with Gasteiger partial charge in [-0.05, 0) is 36.2 Å². The monoisotopic (exact) mass is 436 g/mol. The van der Waals surface area contributed by atoms with Crippen LogP contribution in [0.5, 0.6) is 11.5 Å². The number of nitrogens with zero attached hydrogens (tertiary/aromatic N) is 1. The van der Waals surface area contributed by atoms with Gasteiger partial charge in [0, 0.05) is 18.7 Å². The smallest absolute Gasteiger partial charge is 0.261 e. The molecule has 6 nitrogen and oxygen atoms in total. The molecule has 1 saturated heterocycles. The Labute approximate surface area is 185 Å². The molecule has 31 heavy (non-hydrogen) atoms. The molecular formula is C24H24N2O4S. The van der Waals surface area contributed by atoms with E-state index in [-0.39, 0.29) is 18.7 Å². The van der Waals surface area contributed by atoms with E-state index in [9.17, 15) is 4.79 Å². The third kappa shape index (κ3) is 4.11. The molecule has 3 aromatic rings. The van der Waals surface area contributed by atoms with Crippen molar-refractivity contribution in [3.63, 3.8) is 0 Å². The number of hydrogen-bond donors (Lipinski definition) is 1. The summed E-state index contributed by atoms with van der Waals surface area (Å²) in [4.78, 5) is 16.2. The van der Waals surface area contributed by atoms with Crippen LogP contribution in [-0.4, -0.2) is 39.0 Å². The van der Waals surface area contributed by atoms with Crippen LogP contribution < -0.4 is 19.7 Å². The van der Waals surface area contributed by atoms with Crippen molar-refractivity contribution in [2.24, 2.45) is 0 Å². The number of nitrogens with one attached hydrogen (secondary N) is 1. The van der Waals surface area contributed by atoms with Gasteiger partial charge in [-0.25, -0.2) is 0 Å². The van der Waals surface area contributed by atoms with Gasteiger partial charge in [0.05, 0.1) is 29.1 Å². The standard InChI is InChI=1S/C24H24N2O4S/c1-16(18-7-8-20-21(13-18)30-15-29-20)25-23(27)22-14-19(17-5-3-2-4-6-17)24(31-22)26-9-11-28-12-10-26/h2-8,13-14,16H,9-12,15H2,1H3,(H,25,27). The quantitative estimate of drug-likeness (QED) is 0.639. The molecule has 2 aliphatic rings. The van der Waals surface area contributed by atoms with E-state index in [0.717, 1.165) is 46.3 Å². The molecule has 1 fully saturated rings. The van der Waals surface area contributed by atoms with Crippen LogP contribution in [-0.2, 0) is 4.74 Å². The topological polar surface area (TPSA) is 60.0 Å². The van der Waals surface area contributed by atoms with Crippen molar-refractivity contribution < 1.29 is 19.0 Å². The molecule has 0 saturated carbocycles. The third-order valence-corrected chi connectivity index (χ3v) is 6.76. The Balaban J connectivity index is 1.40. The summed E-state index contributed by atoms with van der Waals surface area (Å²) in [5.41, 5.74) is 3.18. The molecule has 5 rings (SSSR count). The maximum Gasteiger partial charge on any atom is 0.261 e. The second-order valence-electron chi connectivity index (χ2n) is 7.60. The molecule has 0 bridgehead atoms. The minimum atomic E-state index is -0.156. The largest absolute Gasteiger partial charge is 0.454 e. The Bertz CT molecular complexity index is 1080. The van der Waals surface area contributed by atoms with Gasteiger partial charge in [-0.15, -0.1) is 11.3 Å². The van der Waals surface area contributed by atoms with Crippen molar-refractivity contribution in [1.29, 1.82) is 0 Å². The summed E-state index contributed by atoms with van der Waals surface area (Å²) in [6.07, 6.45) is 0. The number of carbonyl (C=O) groups is 1. The Morgan fingerprint density at radius 2 is 1.81 bits per heavy atom. The fourth-order valence-corrected chi connectivity index (χ4v) is 4.99. The van der Waals surface area contributed by atoms with E-state index in [1.807, 2.05) is 49.4 Å². The van der Waals surface area contributed by atoms with Crippen molar-refractivity contribution in [2.75, 3.05) is 38.0 Å². The summed E-state index contributed by atoms with van der Waals surface area (Å²) >= 11 is 1.54. The molecule has 1 N–H and O–H groups in total. The summed E-state index contributed by atoms with van der Waals surface area (Å²) in [5, 5.41) is 4.25. The lowest BCUT2D eigenvalue weighted by Gasteiger charge is -2.28. The summed E-state index contributed by atoms with van der Waals surface area (Å²) in [7, 11) is 0. The Morgan fingerprint density at radius 1 is 1.03 bits per heavy atom. The molecular weight excluding hydrogens is 412 g/mol. The van der Waals surface area contributed by atoms with E-state index in [0.29, 0.717) is 18.1 Å². The first-order valence-corrected chi connectivity index (χ1v) is 11.2. The fraction of sp³-hybridized carbons (Fsp3) is 0.292. The number of fused-ring (bicyclic) bond motifs is 1. The van der Waals surface area contributed by atoms with Gasteiger partial charge < -0.3 is 24.4 Å². The average molecular weight is 437 g/mol. The van der Waals surface area contributed by atoms with E-state index in [1.165, 1.54) is 11.3 Å². The summed E-state index contributed by atoms with van der Waals surface area (Å²) in [6.45, 7) is 5.28. The predicted octanol–water partition coefficient (Wildman–Crippen LogP) is 4.47. The lowest BCUT2D eigenvalue weighted by molar-refractivity contribution is 0.0944. The van der Waals surface area contributed by atoms with Crippen molar-refractivity contribution in [3.05, 3.63) is 65.0 Å². The number of ether oxygens (including phenoxy) is 3. The van der Waals surface area contributed by atoms with Gasteiger partial charge in [0.25, 0.3) is 5.91 Å². The zero-order chi connectivity index (χ0) is 21.2. The summed E-state index contributed by atoms with van der Waals surface area (Å²) < 4.78 is 16.4. The van der Waals surface area contributed by atoms with Gasteiger partial charge in [-0.2, -0.15) is 0 Å². The van der Waals surface area contributed by atoms with Crippen molar-refractivity contribution >= 4 is 22.2 Å². The SMILES string of the molecule is CC(NC(=O)c1cc(-c2ccccc2)c(N2CCOCC2)s1)c1ccc2c(c1)OCO2. The Hall–Kier alpha value is -3.03. The van der Waals surface area contributed by atoms with Gasteiger partial charge >= 0.3 is 0 Å². The molecule has 2 aromatic carbocycles. The highest BCUT2D eigenvalue weighted by atomic mass is 32.1. The fourth-order valence-electron chi connectivity index (χ4n) is 3.85. The second-order valence-corrected chi connectivity index (χ2v) is 8.63. The van der Waals surface area contributed by atoms with Gasteiger partial charge in [-0.3, -0.25) is 4.79 Å². The van der Waals surface area contributed by atoms with E-state index in [2.05, 4.69) is 22.3 Å². The number of anilines is 1. The molecule has 3 heterocycles. The molecule has 1 amide bonds. The highest BCUT2D eigenvalue weighted by Gasteiger charge is 2.23. The molecule has 1 atom stereocenters. The minimum Gasteiger partial charge on any atom is -0.454 e. The van der Waals surface area contributed by atoms with Crippen LogP contribution in [0.15, 0.2) is 54.6 Å². The maximum absolute atomic E-state index is 13.1. The first-order chi connectivity index (χ1) is 15.2. The Kier molecular flexibility index (Phi) is 5.53. The highest BCUT2D eigenvalue weighted by Crippen LogP contribution is 2.40. The van der Waals surface area contributed by atoms with Crippen LogP contribution >= 0.6 is 11.3 Å². The predicted molar refractivity (Wildman–Crippen MR) is 121 cm³/mol. The molecule has 1 unspecified atom stereocenters.